The number of ketones is 1. The third-order valence-electron chi connectivity index (χ3n) is 4.64. The highest BCUT2D eigenvalue weighted by Crippen LogP contribution is 2.37. The van der Waals surface area contributed by atoms with Crippen LogP contribution in [0.5, 0.6) is 0 Å². The van der Waals surface area contributed by atoms with Crippen molar-refractivity contribution in [1.82, 2.24) is 0 Å². The number of benzene rings is 1. The molecular formula is C16H20O2. The zero-order valence-corrected chi connectivity index (χ0v) is 10.6. The Morgan fingerprint density at radius 1 is 1.06 bits per heavy atom. The summed E-state index contributed by atoms with van der Waals surface area (Å²) in [4.78, 5) is 12.6. The van der Waals surface area contributed by atoms with E-state index in [9.17, 15) is 9.90 Å². The number of fused-ring (bicyclic) bond motifs is 1. The Balaban J connectivity index is 1.86. The van der Waals surface area contributed by atoms with Crippen LogP contribution in [-0.2, 0) is 6.42 Å². The topological polar surface area (TPSA) is 37.3 Å². The van der Waals surface area contributed by atoms with Gasteiger partial charge < -0.3 is 5.11 Å². The fourth-order valence-corrected chi connectivity index (χ4v) is 3.64. The normalized spacial score (nSPS) is 32.1. The van der Waals surface area contributed by atoms with E-state index in [1.165, 1.54) is 5.56 Å². The largest absolute Gasteiger partial charge is 0.393 e. The lowest BCUT2D eigenvalue weighted by Gasteiger charge is -2.36. The molecule has 0 radical (unpaired) electrons. The number of aliphatic hydroxyl groups is 1. The molecule has 2 aliphatic rings. The van der Waals surface area contributed by atoms with Crippen molar-refractivity contribution < 1.29 is 9.90 Å². The molecule has 0 aliphatic heterocycles. The summed E-state index contributed by atoms with van der Waals surface area (Å²) in [5.74, 6) is 0.512. The molecule has 0 amide bonds. The van der Waals surface area contributed by atoms with E-state index in [0.717, 1.165) is 44.1 Å². The lowest BCUT2D eigenvalue weighted by atomic mass is 9.70. The highest BCUT2D eigenvalue weighted by Gasteiger charge is 2.37. The molecular weight excluding hydrogens is 224 g/mol. The van der Waals surface area contributed by atoms with Crippen molar-refractivity contribution in [3.63, 3.8) is 0 Å². The number of hydrogen-bond donors (Lipinski definition) is 1. The first kappa shape index (κ1) is 11.9. The summed E-state index contributed by atoms with van der Waals surface area (Å²) in [6, 6.07) is 7.94. The van der Waals surface area contributed by atoms with Crippen molar-refractivity contribution in [3.05, 3.63) is 35.4 Å². The molecule has 96 valence electrons. The first-order valence-corrected chi connectivity index (χ1v) is 7.07. The highest BCUT2D eigenvalue weighted by molar-refractivity contribution is 6.00. The van der Waals surface area contributed by atoms with E-state index in [0.29, 0.717) is 0 Å². The van der Waals surface area contributed by atoms with Crippen LogP contribution in [-0.4, -0.2) is 17.0 Å². The van der Waals surface area contributed by atoms with Gasteiger partial charge in [0.25, 0.3) is 0 Å². The van der Waals surface area contributed by atoms with Gasteiger partial charge in [0.1, 0.15) is 0 Å². The maximum Gasteiger partial charge on any atom is 0.166 e. The van der Waals surface area contributed by atoms with Crippen LogP contribution in [0, 0.1) is 11.8 Å². The van der Waals surface area contributed by atoms with Crippen molar-refractivity contribution >= 4 is 5.78 Å². The van der Waals surface area contributed by atoms with Crippen LogP contribution in [0.15, 0.2) is 24.3 Å². The minimum atomic E-state index is -0.266. The Morgan fingerprint density at radius 2 is 1.83 bits per heavy atom. The SMILES string of the molecule is O=C1c2ccccc2CCC1C1CCCCC1O. The fraction of sp³-hybridized carbons (Fsp3) is 0.562. The van der Waals surface area contributed by atoms with Gasteiger partial charge in [-0.3, -0.25) is 4.79 Å². The molecule has 18 heavy (non-hydrogen) atoms. The van der Waals surface area contributed by atoms with Gasteiger partial charge in [-0.1, -0.05) is 37.1 Å². The van der Waals surface area contributed by atoms with Crippen LogP contribution in [0.25, 0.3) is 0 Å². The molecule has 3 atom stereocenters. The van der Waals surface area contributed by atoms with Crippen molar-refractivity contribution in [2.45, 2.75) is 44.6 Å². The third kappa shape index (κ3) is 1.99. The monoisotopic (exact) mass is 244 g/mol. The van der Waals surface area contributed by atoms with Gasteiger partial charge in [0.15, 0.2) is 5.78 Å². The maximum absolute atomic E-state index is 12.6. The van der Waals surface area contributed by atoms with Gasteiger partial charge in [-0.25, -0.2) is 0 Å². The Kier molecular flexibility index (Phi) is 3.21. The number of Topliss-reactive ketones (excluding diaryl/α,β-unsaturated/α-hetero) is 1. The summed E-state index contributed by atoms with van der Waals surface area (Å²) in [5, 5.41) is 10.1. The van der Waals surface area contributed by atoms with E-state index in [4.69, 9.17) is 0 Å². The average molecular weight is 244 g/mol. The average Bonchev–Trinajstić information content (AvgIpc) is 2.41. The standard InChI is InChI=1S/C16H20O2/c17-15-8-4-3-7-13(15)14-10-9-11-5-1-2-6-12(11)16(14)18/h1-2,5-6,13-15,17H,3-4,7-10H2. The number of carbonyl (C=O) groups is 1. The van der Waals surface area contributed by atoms with E-state index in [1.54, 1.807) is 0 Å². The second-order valence-corrected chi connectivity index (χ2v) is 5.68. The van der Waals surface area contributed by atoms with E-state index in [1.807, 2.05) is 18.2 Å². The smallest absolute Gasteiger partial charge is 0.166 e. The first-order valence-electron chi connectivity index (χ1n) is 7.07. The quantitative estimate of drug-likeness (QED) is 0.824. The van der Waals surface area contributed by atoms with Gasteiger partial charge in [0, 0.05) is 11.5 Å². The molecule has 1 fully saturated rings. The summed E-state index contributed by atoms with van der Waals surface area (Å²) in [6.45, 7) is 0. The minimum Gasteiger partial charge on any atom is -0.393 e. The molecule has 1 aromatic rings. The molecule has 2 heteroatoms. The highest BCUT2D eigenvalue weighted by atomic mass is 16.3. The molecule has 1 saturated carbocycles. The number of hydrogen-bond acceptors (Lipinski definition) is 2. The summed E-state index contributed by atoms with van der Waals surface area (Å²) < 4.78 is 0. The minimum absolute atomic E-state index is 0.0511. The second kappa shape index (κ2) is 4.85. The van der Waals surface area contributed by atoms with Crippen molar-refractivity contribution in [3.8, 4) is 0 Å². The number of carbonyl (C=O) groups excluding carboxylic acids is 1. The molecule has 3 unspecified atom stereocenters. The molecule has 0 bridgehead atoms. The zero-order chi connectivity index (χ0) is 12.5. The fourth-order valence-electron chi connectivity index (χ4n) is 3.64. The van der Waals surface area contributed by atoms with Crippen LogP contribution in [0.2, 0.25) is 0 Å². The molecule has 3 rings (SSSR count). The van der Waals surface area contributed by atoms with E-state index in [2.05, 4.69) is 6.07 Å². The Labute approximate surface area is 108 Å². The first-order chi connectivity index (χ1) is 8.77. The number of rotatable bonds is 1. The predicted molar refractivity (Wildman–Crippen MR) is 70.5 cm³/mol. The zero-order valence-electron chi connectivity index (χ0n) is 10.6. The summed E-state index contributed by atoms with van der Waals surface area (Å²) in [7, 11) is 0. The van der Waals surface area contributed by atoms with Gasteiger partial charge in [0.05, 0.1) is 6.10 Å². The Hall–Kier alpha value is -1.15. The predicted octanol–water partition coefficient (Wildman–Crippen LogP) is 2.98. The molecule has 0 aromatic heterocycles. The summed E-state index contributed by atoms with van der Waals surface area (Å²) in [5.41, 5.74) is 2.08. The van der Waals surface area contributed by atoms with Crippen LogP contribution < -0.4 is 0 Å². The van der Waals surface area contributed by atoms with Crippen LogP contribution in [0.4, 0.5) is 0 Å². The molecule has 0 saturated heterocycles. The molecule has 2 nitrogen and oxygen atoms in total. The van der Waals surface area contributed by atoms with Gasteiger partial charge in [0.2, 0.25) is 0 Å². The van der Waals surface area contributed by atoms with Crippen molar-refractivity contribution in [2.75, 3.05) is 0 Å². The van der Waals surface area contributed by atoms with E-state index < -0.39 is 0 Å². The molecule has 2 aliphatic carbocycles. The molecule has 0 heterocycles. The van der Waals surface area contributed by atoms with Crippen LogP contribution >= 0.6 is 0 Å². The van der Waals surface area contributed by atoms with Crippen LogP contribution in [0.3, 0.4) is 0 Å². The lowest BCUT2D eigenvalue weighted by molar-refractivity contribution is 0.0303. The number of aryl methyl sites for hydroxylation is 1. The van der Waals surface area contributed by atoms with Crippen molar-refractivity contribution in [1.29, 1.82) is 0 Å². The second-order valence-electron chi connectivity index (χ2n) is 5.68. The lowest BCUT2D eigenvalue weighted by Crippen LogP contribution is -2.37. The van der Waals surface area contributed by atoms with Crippen molar-refractivity contribution in [2.24, 2.45) is 11.8 Å². The number of aliphatic hydroxyl groups excluding tert-OH is 1. The third-order valence-corrected chi connectivity index (χ3v) is 4.64. The van der Waals surface area contributed by atoms with E-state index >= 15 is 0 Å². The molecule has 1 N–H and O–H groups in total. The van der Waals surface area contributed by atoms with Crippen LogP contribution in [0.1, 0.15) is 48.0 Å². The maximum atomic E-state index is 12.6. The molecule has 0 spiro atoms. The van der Waals surface area contributed by atoms with Gasteiger partial charge in [-0.15, -0.1) is 0 Å². The summed E-state index contributed by atoms with van der Waals surface area (Å²) in [6.07, 6.45) is 5.78. The van der Waals surface area contributed by atoms with Gasteiger partial charge in [-0.05, 0) is 37.2 Å². The Bertz CT molecular complexity index is 452. The molecule has 1 aromatic carbocycles. The van der Waals surface area contributed by atoms with Gasteiger partial charge >= 0.3 is 0 Å². The Morgan fingerprint density at radius 3 is 2.67 bits per heavy atom. The van der Waals surface area contributed by atoms with E-state index in [-0.39, 0.29) is 23.7 Å². The summed E-state index contributed by atoms with van der Waals surface area (Å²) >= 11 is 0. The van der Waals surface area contributed by atoms with Gasteiger partial charge in [-0.2, -0.15) is 0 Å².